The maximum Gasteiger partial charge on any atom is 0.317 e. The summed E-state index contributed by atoms with van der Waals surface area (Å²) in [5.74, 6) is -1.13. The molecule has 0 radical (unpaired) electrons. The third kappa shape index (κ3) is 2.71. The average Bonchev–Trinajstić information content (AvgIpc) is 3.00. The van der Waals surface area contributed by atoms with Gasteiger partial charge in [-0.3, -0.25) is 14.2 Å². The summed E-state index contributed by atoms with van der Waals surface area (Å²) in [5, 5.41) is 0. The number of halogens is 1. The van der Waals surface area contributed by atoms with E-state index < -0.39 is 23.7 Å². The molecule has 2 aliphatic rings. The standard InChI is InChI=1S/C22H17FN2O4S/c1-22-17(20(27)28-2)18(14-8-3-4-9-15(14)29-22)25-19(26)16(30-21(25)24-22)11-12-6-5-7-13(23)10-12/h3-11,17-18H,1-2H3/b16-11-/t17-,18+,22-/m0/s1. The molecule has 0 fully saturated rings. The molecule has 5 rings (SSSR count). The van der Waals surface area contributed by atoms with Crippen molar-refractivity contribution < 1.29 is 18.7 Å². The van der Waals surface area contributed by atoms with Crippen LogP contribution in [0.25, 0.3) is 6.08 Å². The van der Waals surface area contributed by atoms with E-state index in [4.69, 9.17) is 9.47 Å². The molecule has 30 heavy (non-hydrogen) atoms. The monoisotopic (exact) mass is 424 g/mol. The molecule has 3 atom stereocenters. The van der Waals surface area contributed by atoms with Gasteiger partial charge in [0.2, 0.25) is 5.72 Å². The number of hydrogen-bond acceptors (Lipinski definition) is 6. The Morgan fingerprint density at radius 3 is 2.87 bits per heavy atom. The molecule has 0 spiro atoms. The highest BCUT2D eigenvalue weighted by molar-refractivity contribution is 7.07. The van der Waals surface area contributed by atoms with Crippen molar-refractivity contribution >= 4 is 23.4 Å². The minimum Gasteiger partial charge on any atom is -0.469 e. The Morgan fingerprint density at radius 2 is 2.10 bits per heavy atom. The number of thiazole rings is 1. The number of esters is 1. The number of methoxy groups -OCH3 is 1. The lowest BCUT2D eigenvalue weighted by Gasteiger charge is -2.44. The van der Waals surface area contributed by atoms with Crippen LogP contribution < -0.4 is 19.6 Å². The van der Waals surface area contributed by atoms with Gasteiger partial charge in [-0.1, -0.05) is 41.7 Å². The number of nitrogens with zero attached hydrogens (tertiary/aromatic N) is 2. The average molecular weight is 424 g/mol. The van der Waals surface area contributed by atoms with Crippen LogP contribution in [0.3, 0.4) is 0 Å². The highest BCUT2D eigenvalue weighted by Gasteiger charge is 2.55. The molecule has 0 unspecified atom stereocenters. The van der Waals surface area contributed by atoms with Crippen molar-refractivity contribution in [2.45, 2.75) is 18.7 Å². The van der Waals surface area contributed by atoms with Crippen LogP contribution in [0, 0.1) is 11.7 Å². The second kappa shape index (κ2) is 6.63. The first-order valence-corrected chi connectivity index (χ1v) is 10.2. The first kappa shape index (κ1) is 18.7. The minimum absolute atomic E-state index is 0.291. The fourth-order valence-corrected chi connectivity index (χ4v) is 5.28. The smallest absolute Gasteiger partial charge is 0.317 e. The number of aromatic nitrogens is 1. The molecule has 2 aromatic carbocycles. The SMILES string of the molecule is COC(=O)[C@@H]1[C@H]2c3ccccc3O[C@]1(C)N=c1s/c(=C\c3cccc(F)c3)c(=O)n12. The summed E-state index contributed by atoms with van der Waals surface area (Å²) in [7, 11) is 1.31. The summed E-state index contributed by atoms with van der Waals surface area (Å²) in [6, 6.07) is 12.7. The maximum absolute atomic E-state index is 13.6. The van der Waals surface area contributed by atoms with Crippen molar-refractivity contribution in [3.8, 4) is 5.75 Å². The highest BCUT2D eigenvalue weighted by atomic mass is 32.1. The van der Waals surface area contributed by atoms with Crippen molar-refractivity contribution in [2.24, 2.45) is 10.9 Å². The Bertz CT molecular complexity index is 1360. The summed E-state index contributed by atoms with van der Waals surface area (Å²) in [6.07, 6.45) is 1.63. The van der Waals surface area contributed by atoms with Gasteiger partial charge in [0.15, 0.2) is 4.80 Å². The molecule has 8 heteroatoms. The fraction of sp³-hybridized carbons (Fsp3) is 0.227. The van der Waals surface area contributed by atoms with Gasteiger partial charge in [0.1, 0.15) is 17.5 Å². The number of benzene rings is 2. The van der Waals surface area contributed by atoms with E-state index in [0.717, 1.165) is 5.56 Å². The zero-order valence-electron chi connectivity index (χ0n) is 16.2. The van der Waals surface area contributed by atoms with Gasteiger partial charge in [-0.25, -0.2) is 9.38 Å². The lowest BCUT2D eigenvalue weighted by atomic mass is 9.81. The number of rotatable bonds is 2. The summed E-state index contributed by atoms with van der Waals surface area (Å²) < 4.78 is 26.7. The number of carbonyl (C=O) groups excluding carboxylic acids is 1. The summed E-state index contributed by atoms with van der Waals surface area (Å²) >= 11 is 1.19. The van der Waals surface area contributed by atoms with E-state index in [1.807, 2.05) is 18.2 Å². The van der Waals surface area contributed by atoms with Gasteiger partial charge in [0, 0.05) is 5.56 Å². The zero-order chi connectivity index (χ0) is 21.0. The van der Waals surface area contributed by atoms with Gasteiger partial charge >= 0.3 is 5.97 Å². The van der Waals surface area contributed by atoms with E-state index in [1.165, 1.54) is 35.1 Å². The number of fused-ring (bicyclic) bond motifs is 6. The van der Waals surface area contributed by atoms with Crippen molar-refractivity contribution in [1.29, 1.82) is 0 Å². The molecule has 0 amide bonds. The lowest BCUT2D eigenvalue weighted by Crippen LogP contribution is -2.58. The van der Waals surface area contributed by atoms with Gasteiger partial charge in [-0.2, -0.15) is 0 Å². The molecular weight excluding hydrogens is 407 g/mol. The molecule has 0 aliphatic carbocycles. The molecule has 1 aromatic heterocycles. The van der Waals surface area contributed by atoms with Crippen LogP contribution in [0.2, 0.25) is 0 Å². The third-order valence-electron chi connectivity index (χ3n) is 5.48. The predicted octanol–water partition coefficient (Wildman–Crippen LogP) is 2.00. The Hall–Kier alpha value is -3.26. The topological polar surface area (TPSA) is 69.9 Å². The Balaban J connectivity index is 1.80. The number of carbonyl (C=O) groups is 1. The molecule has 2 aliphatic heterocycles. The maximum atomic E-state index is 13.6. The van der Waals surface area contributed by atoms with Gasteiger partial charge in [0.05, 0.1) is 17.7 Å². The van der Waals surface area contributed by atoms with Crippen LogP contribution >= 0.6 is 11.3 Å². The summed E-state index contributed by atoms with van der Waals surface area (Å²) in [5.41, 5.74) is -0.208. The Kier molecular flexibility index (Phi) is 4.14. The lowest BCUT2D eigenvalue weighted by molar-refractivity contribution is -0.158. The second-order valence-electron chi connectivity index (χ2n) is 7.38. The van der Waals surface area contributed by atoms with Crippen LogP contribution in [-0.2, 0) is 9.53 Å². The molecule has 0 saturated heterocycles. The summed E-state index contributed by atoms with van der Waals surface area (Å²) in [6.45, 7) is 1.72. The summed E-state index contributed by atoms with van der Waals surface area (Å²) in [4.78, 5) is 31.2. The van der Waals surface area contributed by atoms with E-state index in [2.05, 4.69) is 4.99 Å². The van der Waals surface area contributed by atoms with E-state index in [1.54, 1.807) is 31.2 Å². The Morgan fingerprint density at radius 1 is 1.30 bits per heavy atom. The van der Waals surface area contributed by atoms with Crippen molar-refractivity contribution in [3.63, 3.8) is 0 Å². The van der Waals surface area contributed by atoms with E-state index in [0.29, 0.717) is 20.6 Å². The van der Waals surface area contributed by atoms with Crippen LogP contribution in [-0.4, -0.2) is 23.4 Å². The van der Waals surface area contributed by atoms with Gasteiger partial charge in [-0.05, 0) is 36.8 Å². The highest BCUT2D eigenvalue weighted by Crippen LogP contribution is 2.47. The van der Waals surface area contributed by atoms with Crippen LogP contribution in [0.5, 0.6) is 5.75 Å². The van der Waals surface area contributed by atoms with E-state index >= 15 is 0 Å². The molecule has 2 bridgehead atoms. The quantitative estimate of drug-likeness (QED) is 0.590. The molecule has 0 saturated carbocycles. The number of hydrogen-bond donors (Lipinski definition) is 0. The van der Waals surface area contributed by atoms with Crippen molar-refractivity contribution in [1.82, 2.24) is 4.57 Å². The molecule has 0 N–H and O–H groups in total. The second-order valence-corrected chi connectivity index (χ2v) is 8.38. The van der Waals surface area contributed by atoms with Crippen LogP contribution in [0.4, 0.5) is 4.39 Å². The van der Waals surface area contributed by atoms with Crippen molar-refractivity contribution in [3.05, 3.63) is 85.2 Å². The third-order valence-corrected chi connectivity index (χ3v) is 6.46. The normalized spacial score (nSPS) is 24.3. The largest absolute Gasteiger partial charge is 0.469 e. The first-order valence-electron chi connectivity index (χ1n) is 9.35. The molecule has 152 valence electrons. The molecule has 6 nitrogen and oxygen atoms in total. The van der Waals surface area contributed by atoms with Gasteiger partial charge in [-0.15, -0.1) is 0 Å². The predicted molar refractivity (Wildman–Crippen MR) is 108 cm³/mol. The first-order chi connectivity index (χ1) is 14.4. The number of ether oxygens (including phenoxy) is 2. The molecule has 3 aromatic rings. The van der Waals surface area contributed by atoms with Crippen molar-refractivity contribution in [2.75, 3.05) is 7.11 Å². The van der Waals surface area contributed by atoms with Gasteiger partial charge in [0.25, 0.3) is 5.56 Å². The van der Waals surface area contributed by atoms with E-state index in [-0.39, 0.29) is 11.4 Å². The van der Waals surface area contributed by atoms with E-state index in [9.17, 15) is 14.0 Å². The van der Waals surface area contributed by atoms with Crippen LogP contribution in [0.15, 0.2) is 58.3 Å². The Labute approximate surface area is 174 Å². The minimum atomic E-state index is -1.21. The fourth-order valence-electron chi connectivity index (χ4n) is 4.18. The number of para-hydroxylation sites is 1. The zero-order valence-corrected chi connectivity index (χ0v) is 17.0. The van der Waals surface area contributed by atoms with Gasteiger partial charge < -0.3 is 9.47 Å². The molecular formula is C22H17FN2O4S. The van der Waals surface area contributed by atoms with Crippen LogP contribution in [0.1, 0.15) is 24.1 Å². The molecule has 3 heterocycles.